The summed E-state index contributed by atoms with van der Waals surface area (Å²) in [5, 5.41) is 4.06. The Morgan fingerprint density at radius 3 is 2.48 bits per heavy atom. The monoisotopic (exact) mass is 384 g/mol. The van der Waals surface area contributed by atoms with Gasteiger partial charge in [0, 0.05) is 30.7 Å². The van der Waals surface area contributed by atoms with Gasteiger partial charge in [-0.15, -0.1) is 0 Å². The van der Waals surface area contributed by atoms with E-state index in [9.17, 15) is 9.59 Å². The topological polar surface area (TPSA) is 62.6 Å². The van der Waals surface area contributed by atoms with Crippen molar-refractivity contribution in [1.29, 1.82) is 0 Å². The lowest BCUT2D eigenvalue weighted by Gasteiger charge is -2.12. The van der Waals surface area contributed by atoms with Crippen molar-refractivity contribution in [1.82, 2.24) is 4.90 Å². The van der Waals surface area contributed by atoms with Gasteiger partial charge in [0.15, 0.2) is 0 Å². The summed E-state index contributed by atoms with van der Waals surface area (Å²) in [6, 6.07) is 8.87. The molecule has 2 aromatic carbocycles. The second-order valence-electron chi connectivity index (χ2n) is 6.81. The number of aryl methyl sites for hydroxylation is 2. The van der Waals surface area contributed by atoms with Crippen LogP contribution < -0.4 is 5.32 Å². The summed E-state index contributed by atoms with van der Waals surface area (Å²) in [5.74, 6) is -0.368. The van der Waals surface area contributed by atoms with Crippen LogP contribution in [-0.4, -0.2) is 30.8 Å². The molecule has 0 atom stereocenters. The zero-order valence-electron chi connectivity index (χ0n) is 15.7. The maximum Gasteiger partial charge on any atom is 0.254 e. The quantitative estimate of drug-likeness (QED) is 0.715. The Morgan fingerprint density at radius 2 is 1.81 bits per heavy atom. The van der Waals surface area contributed by atoms with E-state index in [1.54, 1.807) is 38.6 Å². The van der Waals surface area contributed by atoms with Crippen LogP contribution in [0, 0.1) is 13.8 Å². The molecule has 5 nitrogen and oxygen atoms in total. The number of hydrogen-bond acceptors (Lipinski definition) is 3. The predicted molar refractivity (Wildman–Crippen MR) is 107 cm³/mol. The highest BCUT2D eigenvalue weighted by atomic mass is 35.5. The molecule has 0 fully saturated rings. The highest BCUT2D eigenvalue weighted by molar-refractivity contribution is 6.34. The number of amides is 2. The van der Waals surface area contributed by atoms with Crippen molar-refractivity contribution < 1.29 is 14.0 Å². The Morgan fingerprint density at radius 1 is 1.11 bits per heavy atom. The van der Waals surface area contributed by atoms with Crippen LogP contribution in [0.25, 0.3) is 11.0 Å². The van der Waals surface area contributed by atoms with Crippen LogP contribution in [0.2, 0.25) is 5.02 Å². The first-order valence-corrected chi connectivity index (χ1v) is 8.92. The minimum absolute atomic E-state index is 0.182. The molecule has 0 bridgehead atoms. The molecule has 0 saturated carbocycles. The van der Waals surface area contributed by atoms with Gasteiger partial charge in [0.2, 0.25) is 5.91 Å². The van der Waals surface area contributed by atoms with Crippen LogP contribution in [0.1, 0.15) is 27.0 Å². The van der Waals surface area contributed by atoms with Crippen LogP contribution in [0.4, 0.5) is 5.69 Å². The van der Waals surface area contributed by atoms with E-state index in [2.05, 4.69) is 5.32 Å². The number of nitrogens with one attached hydrogen (secondary N) is 1. The number of rotatable bonds is 4. The maximum absolute atomic E-state index is 12.4. The van der Waals surface area contributed by atoms with E-state index >= 15 is 0 Å². The van der Waals surface area contributed by atoms with E-state index in [1.165, 1.54) is 4.90 Å². The molecule has 0 aliphatic rings. The number of carbonyl (C=O) groups excluding carboxylic acids is 2. The molecule has 6 heteroatoms. The van der Waals surface area contributed by atoms with Gasteiger partial charge < -0.3 is 14.6 Å². The van der Waals surface area contributed by atoms with Gasteiger partial charge in [0.05, 0.1) is 23.3 Å². The highest BCUT2D eigenvalue weighted by Crippen LogP contribution is 2.26. The molecule has 0 aliphatic heterocycles. The van der Waals surface area contributed by atoms with Crippen molar-refractivity contribution in [3.8, 4) is 0 Å². The van der Waals surface area contributed by atoms with Gasteiger partial charge in [-0.1, -0.05) is 11.6 Å². The second kappa shape index (κ2) is 7.45. The lowest BCUT2D eigenvalue weighted by atomic mass is 10.0. The minimum atomic E-state index is -0.187. The smallest absolute Gasteiger partial charge is 0.254 e. The molecule has 0 spiro atoms. The molecule has 0 aliphatic carbocycles. The van der Waals surface area contributed by atoms with Crippen molar-refractivity contribution in [2.45, 2.75) is 20.3 Å². The molecule has 3 rings (SSSR count). The summed E-state index contributed by atoms with van der Waals surface area (Å²) < 4.78 is 5.58. The van der Waals surface area contributed by atoms with Crippen LogP contribution in [0.15, 0.2) is 41.0 Å². The number of hydrogen-bond donors (Lipinski definition) is 1. The summed E-state index contributed by atoms with van der Waals surface area (Å²) in [7, 11) is 3.32. The van der Waals surface area contributed by atoms with Crippen molar-refractivity contribution in [2.24, 2.45) is 0 Å². The lowest BCUT2D eigenvalue weighted by Crippen LogP contribution is -2.22. The molecule has 3 aromatic rings. The van der Waals surface area contributed by atoms with E-state index < -0.39 is 0 Å². The average Bonchev–Trinajstić information content (AvgIpc) is 2.96. The number of halogens is 1. The van der Waals surface area contributed by atoms with E-state index in [0.29, 0.717) is 16.3 Å². The van der Waals surface area contributed by atoms with Crippen molar-refractivity contribution >= 4 is 40.1 Å². The molecule has 0 unspecified atom stereocenters. The molecule has 140 valence electrons. The van der Waals surface area contributed by atoms with Gasteiger partial charge in [-0.2, -0.15) is 0 Å². The van der Waals surface area contributed by atoms with Crippen molar-refractivity contribution in [3.05, 3.63) is 63.9 Å². The number of anilines is 1. The zero-order valence-corrected chi connectivity index (χ0v) is 16.5. The van der Waals surface area contributed by atoms with Crippen LogP contribution in [0.3, 0.4) is 0 Å². The maximum atomic E-state index is 12.4. The first-order chi connectivity index (χ1) is 12.8. The van der Waals surface area contributed by atoms with Crippen molar-refractivity contribution in [2.75, 3.05) is 19.4 Å². The third kappa shape index (κ3) is 3.98. The Kier molecular flexibility index (Phi) is 5.24. The largest absolute Gasteiger partial charge is 0.464 e. The first kappa shape index (κ1) is 19.0. The summed E-state index contributed by atoms with van der Waals surface area (Å²) in [4.78, 5) is 25.9. The Balaban J connectivity index is 1.76. The van der Waals surface area contributed by atoms with E-state index in [4.69, 9.17) is 16.0 Å². The molecule has 1 aromatic heterocycles. The fourth-order valence-corrected chi connectivity index (χ4v) is 3.12. The molecule has 27 heavy (non-hydrogen) atoms. The first-order valence-electron chi connectivity index (χ1n) is 8.54. The van der Waals surface area contributed by atoms with Gasteiger partial charge in [0.25, 0.3) is 5.91 Å². The number of fused-ring (bicyclic) bond motifs is 1. The third-order valence-electron chi connectivity index (χ3n) is 4.51. The van der Waals surface area contributed by atoms with Gasteiger partial charge in [-0.25, -0.2) is 0 Å². The standard InChI is InChI=1S/C21H21ClN2O3/c1-12-7-17-14(11-27-19(17)8-13(12)2)9-20(25)23-15-5-6-16(18(22)10-15)21(26)24(3)4/h5-8,10-11H,9H2,1-4H3,(H,23,25). The van der Waals surface area contributed by atoms with Gasteiger partial charge >= 0.3 is 0 Å². The fourth-order valence-electron chi connectivity index (χ4n) is 2.86. The summed E-state index contributed by atoms with van der Waals surface area (Å²) in [6.45, 7) is 4.06. The Hall–Kier alpha value is -2.79. The SMILES string of the molecule is Cc1cc2occ(CC(=O)Nc3ccc(C(=O)N(C)C)c(Cl)c3)c2cc1C. The summed E-state index contributed by atoms with van der Waals surface area (Å²) in [5.41, 5.74) is 4.84. The molecule has 2 amide bonds. The second-order valence-corrected chi connectivity index (χ2v) is 7.22. The average molecular weight is 385 g/mol. The van der Waals surface area contributed by atoms with Crippen LogP contribution in [0.5, 0.6) is 0 Å². The summed E-state index contributed by atoms with van der Waals surface area (Å²) >= 11 is 6.19. The van der Waals surface area contributed by atoms with Crippen LogP contribution >= 0.6 is 11.6 Å². The molecule has 0 saturated heterocycles. The molecule has 1 N–H and O–H groups in total. The number of nitrogens with zero attached hydrogens (tertiary/aromatic N) is 1. The fraction of sp³-hybridized carbons (Fsp3) is 0.238. The molecular weight excluding hydrogens is 364 g/mol. The number of carbonyl (C=O) groups is 2. The van der Waals surface area contributed by atoms with E-state index in [1.807, 2.05) is 26.0 Å². The Bertz CT molecular complexity index is 1040. The zero-order chi connectivity index (χ0) is 19.7. The van der Waals surface area contributed by atoms with E-state index in [-0.39, 0.29) is 18.2 Å². The van der Waals surface area contributed by atoms with E-state index in [0.717, 1.165) is 27.7 Å². The number of benzene rings is 2. The predicted octanol–water partition coefficient (Wildman–Crippen LogP) is 4.59. The molecule has 1 heterocycles. The number of furan rings is 1. The highest BCUT2D eigenvalue weighted by Gasteiger charge is 2.15. The summed E-state index contributed by atoms with van der Waals surface area (Å²) in [6.07, 6.45) is 1.81. The van der Waals surface area contributed by atoms with Crippen LogP contribution in [-0.2, 0) is 11.2 Å². The third-order valence-corrected chi connectivity index (χ3v) is 4.82. The normalized spacial score (nSPS) is 10.9. The van der Waals surface area contributed by atoms with Crippen molar-refractivity contribution in [3.63, 3.8) is 0 Å². The van der Waals surface area contributed by atoms with Gasteiger partial charge in [-0.05, 0) is 55.3 Å². The lowest BCUT2D eigenvalue weighted by molar-refractivity contribution is -0.115. The van der Waals surface area contributed by atoms with Gasteiger partial charge in [-0.3, -0.25) is 9.59 Å². The van der Waals surface area contributed by atoms with Gasteiger partial charge in [0.1, 0.15) is 5.58 Å². The Labute approximate surface area is 162 Å². The minimum Gasteiger partial charge on any atom is -0.464 e. The molecule has 0 radical (unpaired) electrons. The molecular formula is C21H21ClN2O3.